The number of aliphatic imine (C=N–C) groups is 1. The van der Waals surface area contributed by atoms with E-state index in [9.17, 15) is 0 Å². The van der Waals surface area contributed by atoms with Crippen LogP contribution in [0.5, 0.6) is 5.75 Å². The Morgan fingerprint density at radius 3 is 2.70 bits per heavy atom. The Kier molecular flexibility index (Phi) is 7.70. The number of nitrogens with one attached hydrogen (secondary N) is 1. The fraction of sp³-hybridized carbons (Fsp3) is 0.524. The molecule has 0 radical (unpaired) electrons. The number of rotatable bonds is 8. The molecule has 6 nitrogen and oxygen atoms in total. The largest absolute Gasteiger partial charge is 0.494 e. The second-order valence-electron chi connectivity index (χ2n) is 6.99. The fourth-order valence-electron chi connectivity index (χ4n) is 3.19. The van der Waals surface area contributed by atoms with Crippen molar-refractivity contribution in [2.45, 2.75) is 39.7 Å². The van der Waals surface area contributed by atoms with Crippen LogP contribution in [0.4, 0.5) is 0 Å². The molecular formula is C21H33N5O. The highest BCUT2D eigenvalue weighted by Crippen LogP contribution is 2.19. The first-order valence-electron chi connectivity index (χ1n) is 9.61. The van der Waals surface area contributed by atoms with Crippen LogP contribution in [0.3, 0.4) is 0 Å². The van der Waals surface area contributed by atoms with Gasteiger partial charge in [-0.25, -0.2) is 0 Å². The van der Waals surface area contributed by atoms with E-state index in [0.717, 1.165) is 36.9 Å². The van der Waals surface area contributed by atoms with Gasteiger partial charge in [-0.2, -0.15) is 5.10 Å². The first-order chi connectivity index (χ1) is 13.0. The van der Waals surface area contributed by atoms with Gasteiger partial charge >= 0.3 is 0 Å². The second-order valence-corrected chi connectivity index (χ2v) is 6.99. The number of hydrogen-bond donors (Lipinski definition) is 1. The number of ether oxygens (including phenoxy) is 1. The lowest BCUT2D eigenvalue weighted by Gasteiger charge is -2.22. The van der Waals surface area contributed by atoms with Crippen LogP contribution in [0.25, 0.3) is 0 Å². The molecule has 1 N–H and O–H groups in total. The van der Waals surface area contributed by atoms with E-state index in [2.05, 4.69) is 59.5 Å². The third kappa shape index (κ3) is 5.74. The third-order valence-corrected chi connectivity index (χ3v) is 4.41. The van der Waals surface area contributed by atoms with E-state index in [1.165, 1.54) is 11.1 Å². The zero-order valence-corrected chi connectivity index (χ0v) is 17.5. The van der Waals surface area contributed by atoms with Crippen molar-refractivity contribution in [3.8, 4) is 5.75 Å². The molecule has 0 fully saturated rings. The molecule has 148 valence electrons. The van der Waals surface area contributed by atoms with Crippen LogP contribution in [0.1, 0.15) is 43.5 Å². The lowest BCUT2D eigenvalue weighted by atomic mass is 10.1. The number of benzene rings is 1. The molecule has 0 aliphatic rings. The smallest absolute Gasteiger partial charge is 0.193 e. The molecule has 27 heavy (non-hydrogen) atoms. The van der Waals surface area contributed by atoms with Crippen LogP contribution in [0.2, 0.25) is 0 Å². The predicted octanol–water partition coefficient (Wildman–Crippen LogP) is 3.19. The maximum absolute atomic E-state index is 5.71. The molecule has 6 heteroatoms. The minimum Gasteiger partial charge on any atom is -0.494 e. The average molecular weight is 372 g/mol. The Hall–Kier alpha value is -2.50. The molecule has 0 bridgehead atoms. The van der Waals surface area contributed by atoms with Crippen LogP contribution in [-0.2, 0) is 20.0 Å². The van der Waals surface area contributed by atoms with Gasteiger partial charge in [-0.15, -0.1) is 0 Å². The van der Waals surface area contributed by atoms with Crippen LogP contribution in [0, 0.1) is 0 Å². The summed E-state index contributed by atoms with van der Waals surface area (Å²) < 4.78 is 7.60. The topological polar surface area (TPSA) is 54.7 Å². The average Bonchev–Trinajstić information content (AvgIpc) is 3.00. The number of aromatic nitrogens is 2. The lowest BCUT2D eigenvalue weighted by molar-refractivity contribution is 0.336. The van der Waals surface area contributed by atoms with Crippen molar-refractivity contribution < 1.29 is 4.74 Å². The number of guanidine groups is 1. The molecule has 0 saturated heterocycles. The number of aryl methyl sites for hydroxylation is 1. The van der Waals surface area contributed by atoms with E-state index in [4.69, 9.17) is 4.74 Å². The molecule has 0 spiro atoms. The highest BCUT2D eigenvalue weighted by molar-refractivity contribution is 5.79. The van der Waals surface area contributed by atoms with Gasteiger partial charge in [-0.3, -0.25) is 9.67 Å². The van der Waals surface area contributed by atoms with Crippen LogP contribution < -0.4 is 10.1 Å². The van der Waals surface area contributed by atoms with Crippen molar-refractivity contribution in [3.05, 3.63) is 47.3 Å². The highest BCUT2D eigenvalue weighted by Gasteiger charge is 2.15. The summed E-state index contributed by atoms with van der Waals surface area (Å²) in [6.45, 7) is 8.61. The Balaban J connectivity index is 1.96. The Morgan fingerprint density at radius 1 is 1.30 bits per heavy atom. The normalized spacial score (nSPS) is 11.7. The molecule has 0 aliphatic heterocycles. The van der Waals surface area contributed by atoms with Gasteiger partial charge in [0, 0.05) is 46.0 Å². The van der Waals surface area contributed by atoms with Crippen molar-refractivity contribution in [1.82, 2.24) is 20.0 Å². The van der Waals surface area contributed by atoms with Crippen LogP contribution in [0.15, 0.2) is 35.5 Å². The molecule has 2 rings (SSSR count). The molecule has 0 amide bonds. The number of para-hydroxylation sites is 1. The number of nitrogens with zero attached hydrogens (tertiary/aromatic N) is 4. The summed E-state index contributed by atoms with van der Waals surface area (Å²) in [6, 6.07) is 8.20. The van der Waals surface area contributed by atoms with Gasteiger partial charge in [0.25, 0.3) is 0 Å². The van der Waals surface area contributed by atoms with Crippen molar-refractivity contribution >= 4 is 5.96 Å². The molecule has 0 unspecified atom stereocenters. The highest BCUT2D eigenvalue weighted by atomic mass is 16.5. The Labute approximate surface area is 163 Å². The summed E-state index contributed by atoms with van der Waals surface area (Å²) in [4.78, 5) is 6.56. The van der Waals surface area contributed by atoms with Crippen molar-refractivity contribution in [2.75, 3.05) is 27.2 Å². The lowest BCUT2D eigenvalue weighted by Crippen LogP contribution is -2.39. The Morgan fingerprint density at radius 2 is 2.04 bits per heavy atom. The monoisotopic (exact) mass is 371 g/mol. The van der Waals surface area contributed by atoms with Gasteiger partial charge in [0.15, 0.2) is 5.96 Å². The fourth-order valence-corrected chi connectivity index (χ4v) is 3.19. The molecule has 1 aromatic heterocycles. The summed E-state index contributed by atoms with van der Waals surface area (Å²) in [6.07, 6.45) is 2.98. The van der Waals surface area contributed by atoms with Gasteiger partial charge in [-0.1, -0.05) is 32.0 Å². The maximum Gasteiger partial charge on any atom is 0.193 e. The maximum atomic E-state index is 5.71. The predicted molar refractivity (Wildman–Crippen MR) is 111 cm³/mol. The zero-order valence-electron chi connectivity index (χ0n) is 17.5. The van der Waals surface area contributed by atoms with E-state index >= 15 is 0 Å². The summed E-state index contributed by atoms with van der Waals surface area (Å²) in [5, 5.41) is 8.05. The van der Waals surface area contributed by atoms with Crippen LogP contribution >= 0.6 is 0 Å². The quantitative estimate of drug-likeness (QED) is 0.572. The van der Waals surface area contributed by atoms with Crippen molar-refractivity contribution in [1.29, 1.82) is 0 Å². The van der Waals surface area contributed by atoms with E-state index in [1.807, 2.05) is 37.8 Å². The molecule has 1 heterocycles. The van der Waals surface area contributed by atoms with Gasteiger partial charge in [0.05, 0.1) is 12.3 Å². The molecule has 0 aliphatic carbocycles. The molecule has 0 atom stereocenters. The van der Waals surface area contributed by atoms with Gasteiger partial charge in [0.2, 0.25) is 0 Å². The summed E-state index contributed by atoms with van der Waals surface area (Å²) in [5.74, 6) is 2.24. The standard InChI is InChI=1S/C21H33N5O/c1-7-27-19-11-9-8-10-17(19)12-13-23-21(22-4)25(5)14-18-15-26(6)24-20(18)16(2)3/h8-11,15-16H,7,12-14H2,1-6H3,(H,22,23). The summed E-state index contributed by atoms with van der Waals surface area (Å²) in [7, 11) is 5.85. The summed E-state index contributed by atoms with van der Waals surface area (Å²) in [5.41, 5.74) is 3.59. The van der Waals surface area contributed by atoms with Gasteiger partial charge in [0.1, 0.15) is 5.75 Å². The van der Waals surface area contributed by atoms with E-state index < -0.39 is 0 Å². The van der Waals surface area contributed by atoms with Crippen molar-refractivity contribution in [2.24, 2.45) is 12.0 Å². The van der Waals surface area contributed by atoms with E-state index in [0.29, 0.717) is 12.5 Å². The SMILES string of the molecule is CCOc1ccccc1CCNC(=NC)N(C)Cc1cn(C)nc1C(C)C. The Bertz CT molecular complexity index is 751. The van der Waals surface area contributed by atoms with E-state index in [1.54, 1.807) is 0 Å². The minimum absolute atomic E-state index is 0.402. The summed E-state index contributed by atoms with van der Waals surface area (Å²) >= 11 is 0. The van der Waals surface area contributed by atoms with Crippen molar-refractivity contribution in [3.63, 3.8) is 0 Å². The third-order valence-electron chi connectivity index (χ3n) is 4.41. The van der Waals surface area contributed by atoms with Gasteiger partial charge in [-0.05, 0) is 30.9 Å². The first kappa shape index (κ1) is 20.8. The van der Waals surface area contributed by atoms with E-state index in [-0.39, 0.29) is 0 Å². The minimum atomic E-state index is 0.402. The molecule has 0 saturated carbocycles. The number of hydrogen-bond acceptors (Lipinski definition) is 3. The zero-order chi connectivity index (χ0) is 19.8. The second kappa shape index (κ2) is 10.00. The molecule has 1 aromatic carbocycles. The molecular weight excluding hydrogens is 338 g/mol. The van der Waals surface area contributed by atoms with Crippen LogP contribution in [-0.4, -0.2) is 47.9 Å². The van der Waals surface area contributed by atoms with Gasteiger partial charge < -0.3 is 15.0 Å². The molecule has 2 aromatic rings. The first-order valence-corrected chi connectivity index (χ1v) is 9.61.